The van der Waals surface area contributed by atoms with Crippen LogP contribution < -0.4 is 4.74 Å². The van der Waals surface area contributed by atoms with Crippen LogP contribution >= 0.6 is 0 Å². The fourth-order valence-corrected chi connectivity index (χ4v) is 1.73. The zero-order valence-corrected chi connectivity index (χ0v) is 9.73. The Labute approximate surface area is 98.9 Å². The van der Waals surface area contributed by atoms with Gasteiger partial charge in [0.1, 0.15) is 5.75 Å². The van der Waals surface area contributed by atoms with Gasteiger partial charge in [0.15, 0.2) is 0 Å². The molecule has 0 aliphatic carbocycles. The van der Waals surface area contributed by atoms with E-state index in [0.29, 0.717) is 12.4 Å². The number of carboxylic acid groups (broad SMARTS) is 1. The molecule has 0 unspecified atom stereocenters. The molecule has 0 atom stereocenters. The molecule has 88 valence electrons. The van der Waals surface area contributed by atoms with Crippen LogP contribution in [0.5, 0.6) is 5.75 Å². The molecule has 0 aliphatic heterocycles. The minimum atomic E-state index is -0.949. The van der Waals surface area contributed by atoms with E-state index in [4.69, 9.17) is 9.84 Å². The van der Waals surface area contributed by atoms with Crippen molar-refractivity contribution in [3.63, 3.8) is 0 Å². The Kier molecular flexibility index (Phi) is 2.95. The Balaban J connectivity index is 2.68. The van der Waals surface area contributed by atoms with Crippen LogP contribution in [0.3, 0.4) is 0 Å². The molecule has 0 amide bonds. The average Bonchev–Trinajstić information content (AvgIpc) is 2.28. The van der Waals surface area contributed by atoms with Crippen molar-refractivity contribution >= 4 is 16.9 Å². The SMILES string of the molecule is CCOc1cc(C)nc2ccc(C(=O)O)cc12. The number of aromatic carboxylic acids is 1. The summed E-state index contributed by atoms with van der Waals surface area (Å²) >= 11 is 0. The van der Waals surface area contributed by atoms with Crippen LogP contribution in [-0.4, -0.2) is 22.7 Å². The highest BCUT2D eigenvalue weighted by Crippen LogP contribution is 2.26. The zero-order valence-electron chi connectivity index (χ0n) is 9.73. The molecule has 2 aromatic rings. The van der Waals surface area contributed by atoms with Crippen LogP contribution in [0.2, 0.25) is 0 Å². The maximum atomic E-state index is 10.9. The number of hydrogen-bond acceptors (Lipinski definition) is 3. The zero-order chi connectivity index (χ0) is 12.4. The first kappa shape index (κ1) is 11.4. The first-order valence-corrected chi connectivity index (χ1v) is 5.39. The summed E-state index contributed by atoms with van der Waals surface area (Å²) < 4.78 is 5.50. The molecular weight excluding hydrogens is 218 g/mol. The molecule has 4 heteroatoms. The van der Waals surface area contributed by atoms with E-state index in [1.807, 2.05) is 19.9 Å². The molecule has 1 heterocycles. The van der Waals surface area contributed by atoms with Gasteiger partial charge in [-0.05, 0) is 32.0 Å². The van der Waals surface area contributed by atoms with Gasteiger partial charge < -0.3 is 9.84 Å². The van der Waals surface area contributed by atoms with Gasteiger partial charge in [0.05, 0.1) is 17.7 Å². The topological polar surface area (TPSA) is 59.4 Å². The van der Waals surface area contributed by atoms with E-state index >= 15 is 0 Å². The van der Waals surface area contributed by atoms with E-state index in [-0.39, 0.29) is 5.56 Å². The first-order valence-electron chi connectivity index (χ1n) is 5.39. The fourth-order valence-electron chi connectivity index (χ4n) is 1.73. The molecule has 0 fully saturated rings. The minimum absolute atomic E-state index is 0.240. The highest BCUT2D eigenvalue weighted by Gasteiger charge is 2.09. The predicted octanol–water partition coefficient (Wildman–Crippen LogP) is 2.64. The van der Waals surface area contributed by atoms with Gasteiger partial charge in [-0.25, -0.2) is 4.79 Å². The first-order chi connectivity index (χ1) is 8.11. The summed E-state index contributed by atoms with van der Waals surface area (Å²) in [7, 11) is 0. The largest absolute Gasteiger partial charge is 0.493 e. The van der Waals surface area contributed by atoms with E-state index < -0.39 is 5.97 Å². The summed E-state index contributed by atoms with van der Waals surface area (Å²) in [5, 5.41) is 9.69. The van der Waals surface area contributed by atoms with Gasteiger partial charge in [-0.1, -0.05) is 0 Å². The Hall–Kier alpha value is -2.10. The van der Waals surface area contributed by atoms with Crippen molar-refractivity contribution in [2.45, 2.75) is 13.8 Å². The van der Waals surface area contributed by atoms with Crippen molar-refractivity contribution in [3.05, 3.63) is 35.5 Å². The van der Waals surface area contributed by atoms with Crippen molar-refractivity contribution in [1.82, 2.24) is 4.98 Å². The second-order valence-electron chi connectivity index (χ2n) is 3.73. The molecule has 2 rings (SSSR count). The Morgan fingerprint density at radius 1 is 1.41 bits per heavy atom. The molecule has 4 nitrogen and oxygen atoms in total. The standard InChI is InChI=1S/C13H13NO3/c1-3-17-12-6-8(2)14-11-5-4-9(13(15)16)7-10(11)12/h4-7H,3H2,1-2H3,(H,15,16). The van der Waals surface area contributed by atoms with Gasteiger partial charge in [0.25, 0.3) is 0 Å². The lowest BCUT2D eigenvalue weighted by Gasteiger charge is -2.08. The number of nitrogens with zero attached hydrogens (tertiary/aromatic N) is 1. The lowest BCUT2D eigenvalue weighted by Crippen LogP contribution is -1.99. The highest BCUT2D eigenvalue weighted by atomic mass is 16.5. The van der Waals surface area contributed by atoms with Crippen LogP contribution in [0.15, 0.2) is 24.3 Å². The average molecular weight is 231 g/mol. The van der Waals surface area contributed by atoms with Gasteiger partial charge in [0.2, 0.25) is 0 Å². The molecule has 0 radical (unpaired) electrons. The normalized spacial score (nSPS) is 10.5. The number of aromatic nitrogens is 1. The third-order valence-corrected chi connectivity index (χ3v) is 2.45. The molecule has 0 spiro atoms. The number of ether oxygens (including phenoxy) is 1. The van der Waals surface area contributed by atoms with Gasteiger partial charge >= 0.3 is 5.97 Å². The number of rotatable bonds is 3. The Morgan fingerprint density at radius 3 is 2.82 bits per heavy atom. The van der Waals surface area contributed by atoms with E-state index in [2.05, 4.69) is 4.98 Å². The Morgan fingerprint density at radius 2 is 2.18 bits per heavy atom. The molecule has 1 aromatic heterocycles. The van der Waals surface area contributed by atoms with E-state index in [0.717, 1.165) is 16.6 Å². The van der Waals surface area contributed by atoms with Crippen LogP contribution in [0.25, 0.3) is 10.9 Å². The van der Waals surface area contributed by atoms with Gasteiger partial charge in [-0.2, -0.15) is 0 Å². The number of aryl methyl sites for hydroxylation is 1. The molecule has 17 heavy (non-hydrogen) atoms. The molecule has 1 N–H and O–H groups in total. The number of hydrogen-bond donors (Lipinski definition) is 1. The van der Waals surface area contributed by atoms with Crippen LogP contribution in [0, 0.1) is 6.92 Å². The summed E-state index contributed by atoms with van der Waals surface area (Å²) in [5.41, 5.74) is 1.84. The summed E-state index contributed by atoms with van der Waals surface area (Å²) in [6.07, 6.45) is 0. The molecule has 0 aliphatic rings. The number of fused-ring (bicyclic) bond motifs is 1. The summed E-state index contributed by atoms with van der Waals surface area (Å²) in [6, 6.07) is 6.66. The highest BCUT2D eigenvalue weighted by molar-refractivity contribution is 5.95. The van der Waals surface area contributed by atoms with Crippen molar-refractivity contribution in [2.75, 3.05) is 6.61 Å². The molecular formula is C13H13NO3. The summed E-state index contributed by atoms with van der Waals surface area (Å²) in [5.74, 6) is -0.270. The maximum absolute atomic E-state index is 10.9. The number of pyridine rings is 1. The predicted molar refractivity (Wildman–Crippen MR) is 64.6 cm³/mol. The molecule has 0 bridgehead atoms. The lowest BCUT2D eigenvalue weighted by molar-refractivity contribution is 0.0697. The molecule has 1 aromatic carbocycles. The van der Waals surface area contributed by atoms with Crippen molar-refractivity contribution in [1.29, 1.82) is 0 Å². The number of carbonyl (C=O) groups is 1. The Bertz CT molecular complexity index is 578. The monoisotopic (exact) mass is 231 g/mol. The summed E-state index contributed by atoms with van der Waals surface area (Å²) in [6.45, 7) is 4.31. The van der Waals surface area contributed by atoms with Crippen LogP contribution in [0.1, 0.15) is 23.0 Å². The lowest BCUT2D eigenvalue weighted by atomic mass is 10.1. The molecule has 0 saturated carbocycles. The molecule has 0 saturated heterocycles. The smallest absolute Gasteiger partial charge is 0.335 e. The van der Waals surface area contributed by atoms with Crippen LogP contribution in [0.4, 0.5) is 0 Å². The third-order valence-electron chi connectivity index (χ3n) is 2.45. The fraction of sp³-hybridized carbons (Fsp3) is 0.231. The van der Waals surface area contributed by atoms with Crippen LogP contribution in [-0.2, 0) is 0 Å². The quantitative estimate of drug-likeness (QED) is 0.882. The number of benzene rings is 1. The van der Waals surface area contributed by atoms with E-state index in [9.17, 15) is 4.79 Å². The van der Waals surface area contributed by atoms with Gasteiger partial charge in [-0.3, -0.25) is 4.98 Å². The minimum Gasteiger partial charge on any atom is -0.493 e. The van der Waals surface area contributed by atoms with Crippen molar-refractivity contribution in [3.8, 4) is 5.75 Å². The summed E-state index contributed by atoms with van der Waals surface area (Å²) in [4.78, 5) is 15.3. The van der Waals surface area contributed by atoms with Gasteiger partial charge in [0, 0.05) is 17.1 Å². The van der Waals surface area contributed by atoms with Gasteiger partial charge in [-0.15, -0.1) is 0 Å². The maximum Gasteiger partial charge on any atom is 0.335 e. The van der Waals surface area contributed by atoms with Crippen molar-refractivity contribution in [2.24, 2.45) is 0 Å². The van der Waals surface area contributed by atoms with E-state index in [1.165, 1.54) is 0 Å². The second kappa shape index (κ2) is 4.41. The second-order valence-corrected chi connectivity index (χ2v) is 3.73. The van der Waals surface area contributed by atoms with Crippen molar-refractivity contribution < 1.29 is 14.6 Å². The van der Waals surface area contributed by atoms with E-state index in [1.54, 1.807) is 18.2 Å². The third kappa shape index (κ3) is 2.20. The number of carboxylic acids is 1.